The van der Waals surface area contributed by atoms with Gasteiger partial charge in [-0.1, -0.05) is 18.2 Å². The summed E-state index contributed by atoms with van der Waals surface area (Å²) in [4.78, 5) is 26.5. The molecule has 1 amide bonds. The van der Waals surface area contributed by atoms with E-state index in [1.807, 2.05) is 52.9 Å². The van der Waals surface area contributed by atoms with Crippen molar-refractivity contribution in [3.63, 3.8) is 0 Å². The van der Waals surface area contributed by atoms with Crippen molar-refractivity contribution < 1.29 is 4.79 Å². The fraction of sp³-hybridized carbons (Fsp3) is 0.333. The summed E-state index contributed by atoms with van der Waals surface area (Å²) < 4.78 is 1.95. The van der Waals surface area contributed by atoms with Gasteiger partial charge in [0.15, 0.2) is 0 Å². The lowest BCUT2D eigenvalue weighted by Gasteiger charge is -2.34. The maximum Gasteiger partial charge on any atom is 0.233 e. The minimum absolute atomic E-state index is 0.162. The minimum atomic E-state index is 0.162. The van der Waals surface area contributed by atoms with E-state index in [9.17, 15) is 4.79 Å². The molecule has 0 aliphatic carbocycles. The first-order valence-electron chi connectivity index (χ1n) is 9.67. The highest BCUT2D eigenvalue weighted by atomic mass is 32.2. The van der Waals surface area contributed by atoms with Gasteiger partial charge in [0.1, 0.15) is 0 Å². The highest BCUT2D eigenvalue weighted by Crippen LogP contribution is 2.28. The Balaban J connectivity index is 1.35. The molecule has 0 bridgehead atoms. The third-order valence-corrected chi connectivity index (χ3v) is 6.30. The zero-order valence-corrected chi connectivity index (χ0v) is 17.5. The van der Waals surface area contributed by atoms with E-state index in [2.05, 4.69) is 26.9 Å². The number of anilines is 1. The number of carbonyl (C=O) groups is 1. The molecular weight excluding hydrogens is 384 g/mol. The summed E-state index contributed by atoms with van der Waals surface area (Å²) in [7, 11) is 0. The Morgan fingerprint density at radius 2 is 1.69 bits per heavy atom. The monoisotopic (exact) mass is 408 g/mol. The van der Waals surface area contributed by atoms with Crippen LogP contribution in [0.15, 0.2) is 53.7 Å². The molecule has 1 fully saturated rings. The van der Waals surface area contributed by atoms with Crippen molar-refractivity contribution in [3.05, 3.63) is 60.2 Å². The van der Waals surface area contributed by atoms with Crippen molar-refractivity contribution >= 4 is 23.6 Å². The summed E-state index contributed by atoms with van der Waals surface area (Å²) in [6.45, 7) is 6.95. The molecule has 0 unspecified atom stereocenters. The average Bonchev–Trinajstić information content (AvgIpc) is 3.07. The van der Waals surface area contributed by atoms with E-state index in [0.717, 1.165) is 41.0 Å². The summed E-state index contributed by atoms with van der Waals surface area (Å²) >= 11 is 1.58. The molecule has 29 heavy (non-hydrogen) atoms. The summed E-state index contributed by atoms with van der Waals surface area (Å²) in [5.41, 5.74) is 3.05. The van der Waals surface area contributed by atoms with Gasteiger partial charge in [-0.3, -0.25) is 4.79 Å². The lowest BCUT2D eigenvalue weighted by Crippen LogP contribution is -2.49. The molecule has 1 aromatic carbocycles. The third-order valence-electron chi connectivity index (χ3n) is 5.03. The Morgan fingerprint density at radius 3 is 2.38 bits per heavy atom. The van der Waals surface area contributed by atoms with Crippen molar-refractivity contribution in [2.24, 2.45) is 0 Å². The number of aryl methyl sites for hydroxylation is 1. The van der Waals surface area contributed by atoms with Crippen LogP contribution in [0, 0.1) is 13.8 Å². The highest BCUT2D eigenvalue weighted by molar-refractivity contribution is 8.00. The second kappa shape index (κ2) is 8.65. The van der Waals surface area contributed by atoms with Gasteiger partial charge in [-0.15, -0.1) is 11.8 Å². The van der Waals surface area contributed by atoms with E-state index in [0.29, 0.717) is 18.8 Å². The second-order valence-corrected chi connectivity index (χ2v) is 7.94. The van der Waals surface area contributed by atoms with Gasteiger partial charge in [0.05, 0.1) is 27.7 Å². The number of carbonyl (C=O) groups excluding carboxylic acids is 1. The summed E-state index contributed by atoms with van der Waals surface area (Å²) in [5.74, 6) is 1.31. The predicted molar refractivity (Wildman–Crippen MR) is 115 cm³/mol. The van der Waals surface area contributed by atoms with Gasteiger partial charge in [0.25, 0.3) is 0 Å². The molecule has 1 aliphatic rings. The van der Waals surface area contributed by atoms with Crippen molar-refractivity contribution in [1.29, 1.82) is 0 Å². The van der Waals surface area contributed by atoms with E-state index >= 15 is 0 Å². The zero-order valence-electron chi connectivity index (χ0n) is 16.7. The highest BCUT2D eigenvalue weighted by Gasteiger charge is 2.23. The maximum atomic E-state index is 12.7. The SMILES string of the molecule is Cc1nn(-c2ccccc2)c(C)c1SCC(=O)N1CCN(c2ncccn2)CC1. The van der Waals surface area contributed by atoms with E-state index < -0.39 is 0 Å². The molecule has 4 rings (SSSR count). The number of thioether (sulfide) groups is 1. The fourth-order valence-corrected chi connectivity index (χ4v) is 4.49. The molecule has 0 saturated carbocycles. The first-order chi connectivity index (χ1) is 14.1. The lowest BCUT2D eigenvalue weighted by molar-refractivity contribution is -0.128. The molecule has 0 N–H and O–H groups in total. The first kappa shape index (κ1) is 19.4. The molecule has 0 atom stereocenters. The van der Waals surface area contributed by atoms with Crippen LogP contribution >= 0.6 is 11.8 Å². The Kier molecular flexibility index (Phi) is 5.80. The van der Waals surface area contributed by atoms with Crippen molar-refractivity contribution in [1.82, 2.24) is 24.6 Å². The second-order valence-electron chi connectivity index (χ2n) is 6.95. The van der Waals surface area contributed by atoms with Gasteiger partial charge in [0.2, 0.25) is 11.9 Å². The van der Waals surface area contributed by atoms with Crippen molar-refractivity contribution in [2.45, 2.75) is 18.7 Å². The normalized spacial score (nSPS) is 14.3. The van der Waals surface area contributed by atoms with Gasteiger partial charge in [-0.2, -0.15) is 5.10 Å². The fourth-order valence-electron chi connectivity index (χ4n) is 3.49. The number of para-hydroxylation sites is 1. The Hall–Kier alpha value is -2.87. The lowest BCUT2D eigenvalue weighted by atomic mass is 10.3. The number of nitrogens with zero attached hydrogens (tertiary/aromatic N) is 6. The van der Waals surface area contributed by atoms with Crippen LogP contribution in [0.1, 0.15) is 11.4 Å². The number of hydrogen-bond donors (Lipinski definition) is 0. The van der Waals surface area contributed by atoms with Crippen LogP contribution in [-0.4, -0.2) is 62.5 Å². The maximum absolute atomic E-state index is 12.7. The largest absolute Gasteiger partial charge is 0.338 e. The van der Waals surface area contributed by atoms with Gasteiger partial charge >= 0.3 is 0 Å². The number of hydrogen-bond acceptors (Lipinski definition) is 6. The van der Waals surface area contributed by atoms with Gasteiger partial charge < -0.3 is 9.80 Å². The molecule has 2 aromatic heterocycles. The predicted octanol–water partition coefficient (Wildman–Crippen LogP) is 2.72. The van der Waals surface area contributed by atoms with Gasteiger partial charge in [0, 0.05) is 38.6 Å². The van der Waals surface area contributed by atoms with Crippen LogP contribution in [-0.2, 0) is 4.79 Å². The van der Waals surface area contributed by atoms with Crippen LogP contribution in [0.4, 0.5) is 5.95 Å². The molecule has 1 saturated heterocycles. The van der Waals surface area contributed by atoms with E-state index in [1.54, 1.807) is 24.2 Å². The van der Waals surface area contributed by atoms with E-state index in [1.165, 1.54) is 0 Å². The summed E-state index contributed by atoms with van der Waals surface area (Å²) in [5, 5.41) is 4.66. The van der Waals surface area contributed by atoms with Crippen molar-refractivity contribution in [2.75, 3.05) is 36.8 Å². The Bertz CT molecular complexity index is 968. The minimum Gasteiger partial charge on any atom is -0.338 e. The molecule has 8 heteroatoms. The molecule has 1 aliphatic heterocycles. The number of benzene rings is 1. The zero-order chi connectivity index (χ0) is 20.2. The molecule has 0 radical (unpaired) electrons. The van der Waals surface area contributed by atoms with Gasteiger partial charge in [-0.25, -0.2) is 14.6 Å². The van der Waals surface area contributed by atoms with E-state index in [4.69, 9.17) is 0 Å². The first-order valence-corrected chi connectivity index (χ1v) is 10.7. The topological polar surface area (TPSA) is 67.2 Å². The smallest absolute Gasteiger partial charge is 0.233 e. The molecule has 7 nitrogen and oxygen atoms in total. The third kappa shape index (κ3) is 4.27. The Labute approximate surface area is 174 Å². The van der Waals surface area contributed by atoms with Crippen LogP contribution in [0.5, 0.6) is 0 Å². The summed E-state index contributed by atoms with van der Waals surface area (Å²) in [6, 6.07) is 11.9. The Morgan fingerprint density at radius 1 is 1.00 bits per heavy atom. The molecule has 3 heterocycles. The number of amides is 1. The quantitative estimate of drug-likeness (QED) is 0.605. The van der Waals surface area contributed by atoms with Crippen LogP contribution in [0.25, 0.3) is 5.69 Å². The molecular formula is C21H24N6OS. The molecule has 0 spiro atoms. The number of aromatic nitrogens is 4. The van der Waals surface area contributed by atoms with Crippen LogP contribution < -0.4 is 4.90 Å². The summed E-state index contributed by atoms with van der Waals surface area (Å²) in [6.07, 6.45) is 3.49. The molecule has 3 aromatic rings. The van der Waals surface area contributed by atoms with Crippen molar-refractivity contribution in [3.8, 4) is 5.69 Å². The molecule has 150 valence electrons. The number of piperazine rings is 1. The average molecular weight is 409 g/mol. The number of rotatable bonds is 5. The van der Waals surface area contributed by atoms with Crippen LogP contribution in [0.2, 0.25) is 0 Å². The standard InChI is InChI=1S/C21H24N6OS/c1-16-20(17(2)27(24-16)18-7-4-3-5-8-18)29-15-19(28)25-11-13-26(14-12-25)21-22-9-6-10-23-21/h3-10H,11-15H2,1-2H3. The van der Waals surface area contributed by atoms with E-state index in [-0.39, 0.29) is 5.91 Å². The van der Waals surface area contributed by atoms with Gasteiger partial charge in [-0.05, 0) is 32.0 Å². The van der Waals surface area contributed by atoms with Crippen LogP contribution in [0.3, 0.4) is 0 Å².